The van der Waals surface area contributed by atoms with Crippen LogP contribution in [0, 0.1) is 0 Å². The SMILES string of the molecule is C[Si]1(C)CCCC(CN)(c2ccccc2)O1. The van der Waals surface area contributed by atoms with Crippen molar-refractivity contribution in [1.29, 1.82) is 0 Å². The summed E-state index contributed by atoms with van der Waals surface area (Å²) in [5.41, 5.74) is 7.02. The number of benzene rings is 1. The van der Waals surface area contributed by atoms with Crippen LogP contribution >= 0.6 is 0 Å². The van der Waals surface area contributed by atoms with Crippen molar-refractivity contribution in [2.45, 2.75) is 37.6 Å². The average molecular weight is 235 g/mol. The van der Waals surface area contributed by atoms with E-state index in [1.165, 1.54) is 18.0 Å². The fourth-order valence-corrected chi connectivity index (χ4v) is 5.13. The van der Waals surface area contributed by atoms with Crippen molar-refractivity contribution in [3.63, 3.8) is 0 Å². The Balaban J connectivity index is 2.33. The molecule has 1 aliphatic heterocycles. The fraction of sp³-hybridized carbons (Fsp3) is 0.538. The summed E-state index contributed by atoms with van der Waals surface area (Å²) in [7, 11) is -1.51. The van der Waals surface area contributed by atoms with Crippen LogP contribution in [0.15, 0.2) is 30.3 Å². The fourth-order valence-electron chi connectivity index (χ4n) is 2.64. The summed E-state index contributed by atoms with van der Waals surface area (Å²) < 4.78 is 6.41. The summed E-state index contributed by atoms with van der Waals surface area (Å²) >= 11 is 0. The van der Waals surface area contributed by atoms with Gasteiger partial charge < -0.3 is 10.2 Å². The van der Waals surface area contributed by atoms with E-state index in [0.717, 1.165) is 6.42 Å². The first kappa shape index (κ1) is 11.8. The van der Waals surface area contributed by atoms with Crippen LogP contribution in [0.3, 0.4) is 0 Å². The molecule has 0 radical (unpaired) electrons. The van der Waals surface area contributed by atoms with Gasteiger partial charge in [0.2, 0.25) is 0 Å². The minimum Gasteiger partial charge on any atom is -0.407 e. The quantitative estimate of drug-likeness (QED) is 0.800. The van der Waals surface area contributed by atoms with Crippen molar-refractivity contribution in [2.75, 3.05) is 6.54 Å². The maximum Gasteiger partial charge on any atom is 0.188 e. The first-order valence-electron chi connectivity index (χ1n) is 6.04. The molecule has 2 nitrogen and oxygen atoms in total. The molecule has 0 aromatic heterocycles. The summed E-state index contributed by atoms with van der Waals surface area (Å²) in [6.45, 7) is 5.17. The van der Waals surface area contributed by atoms with E-state index >= 15 is 0 Å². The molecule has 0 bridgehead atoms. The topological polar surface area (TPSA) is 35.2 Å². The Kier molecular flexibility index (Phi) is 3.19. The number of hydrogen-bond donors (Lipinski definition) is 1. The van der Waals surface area contributed by atoms with Crippen molar-refractivity contribution in [3.05, 3.63) is 35.9 Å². The smallest absolute Gasteiger partial charge is 0.188 e. The molecule has 0 amide bonds. The van der Waals surface area contributed by atoms with Crippen molar-refractivity contribution < 1.29 is 4.43 Å². The van der Waals surface area contributed by atoms with Gasteiger partial charge in [0, 0.05) is 6.54 Å². The Bertz CT molecular complexity index is 352. The highest BCUT2D eigenvalue weighted by Gasteiger charge is 2.42. The highest BCUT2D eigenvalue weighted by atomic mass is 28.4. The second-order valence-corrected chi connectivity index (χ2v) is 9.50. The molecule has 88 valence electrons. The van der Waals surface area contributed by atoms with Crippen LogP contribution in [-0.2, 0) is 10.0 Å². The Morgan fingerprint density at radius 2 is 2.00 bits per heavy atom. The first-order valence-corrected chi connectivity index (χ1v) is 9.15. The van der Waals surface area contributed by atoms with E-state index < -0.39 is 8.32 Å². The molecule has 1 aromatic carbocycles. The summed E-state index contributed by atoms with van der Waals surface area (Å²) in [5, 5.41) is 0. The molecule has 16 heavy (non-hydrogen) atoms. The molecule has 1 heterocycles. The van der Waals surface area contributed by atoms with Crippen molar-refractivity contribution in [2.24, 2.45) is 5.73 Å². The van der Waals surface area contributed by atoms with E-state index in [1.807, 2.05) is 6.07 Å². The molecule has 1 aliphatic rings. The molecule has 3 heteroatoms. The van der Waals surface area contributed by atoms with Gasteiger partial charge in [-0.05, 0) is 31.1 Å². The van der Waals surface area contributed by atoms with Crippen LogP contribution in [0.2, 0.25) is 19.1 Å². The van der Waals surface area contributed by atoms with E-state index in [9.17, 15) is 0 Å². The van der Waals surface area contributed by atoms with Gasteiger partial charge in [-0.15, -0.1) is 0 Å². The maximum atomic E-state index is 6.41. The van der Waals surface area contributed by atoms with Gasteiger partial charge in [-0.1, -0.05) is 36.8 Å². The Morgan fingerprint density at radius 1 is 1.31 bits per heavy atom. The predicted octanol–water partition coefficient (Wildman–Crippen LogP) is 2.86. The van der Waals surface area contributed by atoms with Crippen LogP contribution < -0.4 is 5.73 Å². The standard InChI is InChI=1S/C13H21NOSi/c1-16(2)10-6-9-13(11-14,15-16)12-7-4-3-5-8-12/h3-5,7-8H,6,9-11,14H2,1-2H3. The lowest BCUT2D eigenvalue weighted by Crippen LogP contribution is -2.50. The molecule has 2 N–H and O–H groups in total. The molecule has 2 rings (SSSR count). The number of rotatable bonds is 2. The van der Waals surface area contributed by atoms with Crippen LogP contribution in [-0.4, -0.2) is 14.9 Å². The third-order valence-corrected chi connectivity index (χ3v) is 5.96. The molecule has 0 spiro atoms. The molecule has 1 unspecified atom stereocenters. The molecule has 1 aromatic rings. The second kappa shape index (κ2) is 4.32. The van der Waals surface area contributed by atoms with Crippen LogP contribution in [0.25, 0.3) is 0 Å². The second-order valence-electron chi connectivity index (χ2n) is 5.28. The molecule has 1 saturated heterocycles. The minimum absolute atomic E-state index is 0.213. The van der Waals surface area contributed by atoms with Gasteiger partial charge in [0.1, 0.15) is 0 Å². The van der Waals surface area contributed by atoms with Crippen molar-refractivity contribution in [1.82, 2.24) is 0 Å². The lowest BCUT2D eigenvalue weighted by molar-refractivity contribution is 0.0394. The van der Waals surface area contributed by atoms with E-state index in [-0.39, 0.29) is 5.60 Å². The van der Waals surface area contributed by atoms with Gasteiger partial charge in [0.25, 0.3) is 0 Å². The first-order chi connectivity index (χ1) is 7.58. The van der Waals surface area contributed by atoms with Gasteiger partial charge in [-0.25, -0.2) is 0 Å². The molecular weight excluding hydrogens is 214 g/mol. The van der Waals surface area contributed by atoms with E-state index in [2.05, 4.69) is 37.4 Å². The van der Waals surface area contributed by atoms with Crippen molar-refractivity contribution >= 4 is 8.32 Å². The van der Waals surface area contributed by atoms with E-state index in [4.69, 9.17) is 10.2 Å². The Morgan fingerprint density at radius 3 is 2.56 bits per heavy atom. The number of nitrogens with two attached hydrogens (primary N) is 1. The summed E-state index contributed by atoms with van der Waals surface area (Å²) in [6.07, 6.45) is 2.30. The van der Waals surface area contributed by atoms with Crippen molar-refractivity contribution in [3.8, 4) is 0 Å². The molecule has 1 fully saturated rings. The summed E-state index contributed by atoms with van der Waals surface area (Å²) in [5.74, 6) is 0. The van der Waals surface area contributed by atoms with Crippen LogP contribution in [0.1, 0.15) is 18.4 Å². The molecule has 1 atom stereocenters. The summed E-state index contributed by atoms with van der Waals surface area (Å²) in [4.78, 5) is 0. The highest BCUT2D eigenvalue weighted by Crippen LogP contribution is 2.39. The van der Waals surface area contributed by atoms with Gasteiger partial charge in [0.05, 0.1) is 5.60 Å². The van der Waals surface area contributed by atoms with E-state index in [1.54, 1.807) is 0 Å². The largest absolute Gasteiger partial charge is 0.407 e. The van der Waals surface area contributed by atoms with Gasteiger partial charge in [-0.2, -0.15) is 0 Å². The molecular formula is C13H21NOSi. The van der Waals surface area contributed by atoms with Gasteiger partial charge >= 0.3 is 0 Å². The summed E-state index contributed by atoms with van der Waals surface area (Å²) in [6, 6.07) is 11.7. The predicted molar refractivity (Wildman–Crippen MR) is 69.8 cm³/mol. The highest BCUT2D eigenvalue weighted by molar-refractivity contribution is 6.71. The molecule has 0 saturated carbocycles. The van der Waals surface area contributed by atoms with E-state index in [0.29, 0.717) is 6.54 Å². The zero-order valence-corrected chi connectivity index (χ0v) is 11.2. The lowest BCUT2D eigenvalue weighted by Gasteiger charge is -2.44. The monoisotopic (exact) mass is 235 g/mol. The normalized spacial score (nSPS) is 28.9. The average Bonchev–Trinajstić information content (AvgIpc) is 2.29. The van der Waals surface area contributed by atoms with Gasteiger partial charge in [-0.3, -0.25) is 0 Å². The van der Waals surface area contributed by atoms with Crippen LogP contribution in [0.4, 0.5) is 0 Å². The third kappa shape index (κ3) is 2.21. The third-order valence-electron chi connectivity index (χ3n) is 3.46. The molecule has 0 aliphatic carbocycles. The maximum absolute atomic E-state index is 6.41. The zero-order valence-electron chi connectivity index (χ0n) is 10.2. The Labute approximate surface area is 98.9 Å². The van der Waals surface area contributed by atoms with Gasteiger partial charge in [0.15, 0.2) is 8.32 Å². The van der Waals surface area contributed by atoms with Crippen LogP contribution in [0.5, 0.6) is 0 Å². The Hall–Kier alpha value is -0.643. The number of hydrogen-bond acceptors (Lipinski definition) is 2. The lowest BCUT2D eigenvalue weighted by atomic mass is 9.89. The minimum atomic E-state index is -1.51. The zero-order chi connectivity index (χ0) is 11.6.